The fraction of sp³-hybridized carbons (Fsp3) is 0.622. The minimum atomic E-state index is -1.15. The van der Waals surface area contributed by atoms with Crippen LogP contribution in [0.3, 0.4) is 0 Å². The lowest BCUT2D eigenvalue weighted by Crippen LogP contribution is -2.54. The summed E-state index contributed by atoms with van der Waals surface area (Å²) in [6.45, 7) is 7.82. The summed E-state index contributed by atoms with van der Waals surface area (Å²) in [7, 11) is 0. The second-order valence-corrected chi connectivity index (χ2v) is 14.7. The average molecular weight is 632 g/mol. The normalized spacial score (nSPS) is 33.8. The second kappa shape index (κ2) is 13.2. The molecule has 0 bridgehead atoms. The Morgan fingerprint density at radius 2 is 1.76 bits per heavy atom. The number of terminal acetylenes is 1. The molecule has 1 aromatic carbocycles. The first kappa shape index (κ1) is 33.7. The van der Waals surface area contributed by atoms with Gasteiger partial charge in [-0.25, -0.2) is 4.79 Å². The molecular weight excluding hydrogens is 582 g/mol. The van der Waals surface area contributed by atoms with Crippen LogP contribution in [0.15, 0.2) is 47.1 Å². The summed E-state index contributed by atoms with van der Waals surface area (Å²) < 4.78 is 0. The summed E-state index contributed by atoms with van der Waals surface area (Å²) in [5, 5.41) is 30.5. The van der Waals surface area contributed by atoms with E-state index in [1.807, 2.05) is 18.2 Å². The molecule has 248 valence electrons. The highest BCUT2D eigenvalue weighted by Gasteiger charge is 2.63. The van der Waals surface area contributed by atoms with Crippen LogP contribution in [0.5, 0.6) is 0 Å². The molecule has 0 spiro atoms. The smallest absolute Gasteiger partial charge is 0.326 e. The Kier molecular flexibility index (Phi) is 9.70. The number of rotatable bonds is 10. The van der Waals surface area contributed by atoms with Gasteiger partial charge in [0.2, 0.25) is 5.91 Å². The van der Waals surface area contributed by atoms with Crippen LogP contribution < -0.4 is 10.6 Å². The molecule has 4 aliphatic rings. The molecule has 5 rings (SSSR count). The predicted molar refractivity (Wildman–Crippen MR) is 175 cm³/mol. The number of hydrogen-bond acceptors (Lipinski definition) is 6. The number of amides is 2. The van der Waals surface area contributed by atoms with E-state index in [9.17, 15) is 24.6 Å². The van der Waals surface area contributed by atoms with E-state index in [1.165, 1.54) is 5.57 Å². The first-order valence-corrected chi connectivity index (χ1v) is 16.8. The van der Waals surface area contributed by atoms with Gasteiger partial charge in [-0.05, 0) is 92.1 Å². The highest BCUT2D eigenvalue weighted by atomic mass is 16.6. The van der Waals surface area contributed by atoms with Crippen molar-refractivity contribution in [2.75, 3.05) is 6.61 Å². The second-order valence-electron chi connectivity index (χ2n) is 14.7. The summed E-state index contributed by atoms with van der Waals surface area (Å²) in [5.41, 5.74) is 1.84. The van der Waals surface area contributed by atoms with Gasteiger partial charge >= 0.3 is 5.97 Å². The fourth-order valence-electron chi connectivity index (χ4n) is 9.13. The van der Waals surface area contributed by atoms with Gasteiger partial charge in [0.25, 0.3) is 5.91 Å². The maximum absolute atomic E-state index is 13.1. The van der Waals surface area contributed by atoms with Gasteiger partial charge in [-0.15, -0.1) is 6.42 Å². The molecular formula is C37H49N3O6. The van der Waals surface area contributed by atoms with Gasteiger partial charge in [-0.1, -0.05) is 74.7 Å². The van der Waals surface area contributed by atoms with Crippen molar-refractivity contribution in [1.82, 2.24) is 10.6 Å². The van der Waals surface area contributed by atoms with Crippen LogP contribution in [0.1, 0.15) is 84.6 Å². The summed E-state index contributed by atoms with van der Waals surface area (Å²) in [6.07, 6.45) is 15.6. The molecule has 2 amide bonds. The third kappa shape index (κ3) is 6.33. The molecule has 3 saturated carbocycles. The highest BCUT2D eigenvalue weighted by molar-refractivity contribution is 5.96. The number of carbonyl (C=O) groups is 3. The van der Waals surface area contributed by atoms with Crippen LogP contribution in [-0.4, -0.2) is 58.0 Å². The van der Waals surface area contributed by atoms with E-state index in [2.05, 4.69) is 41.6 Å². The number of oxime groups is 1. The molecule has 0 aliphatic heterocycles. The molecule has 9 nitrogen and oxygen atoms in total. The molecule has 0 aromatic heterocycles. The number of benzene rings is 1. The molecule has 4 N–H and O–H groups in total. The maximum Gasteiger partial charge on any atom is 0.326 e. The number of nitrogens with zero attached hydrogens (tertiary/aromatic N) is 1. The number of fused-ring (bicyclic) bond motifs is 5. The van der Waals surface area contributed by atoms with E-state index in [0.29, 0.717) is 24.2 Å². The monoisotopic (exact) mass is 631 g/mol. The van der Waals surface area contributed by atoms with E-state index >= 15 is 0 Å². The molecule has 0 unspecified atom stereocenters. The zero-order valence-electron chi connectivity index (χ0n) is 27.6. The summed E-state index contributed by atoms with van der Waals surface area (Å²) in [6, 6.07) is 7.02. The molecule has 3 fully saturated rings. The first-order valence-electron chi connectivity index (χ1n) is 16.8. The molecule has 0 heterocycles. The molecule has 0 saturated heterocycles. The quantitative estimate of drug-likeness (QED) is 0.219. The Labute approximate surface area is 272 Å². The Hall–Kier alpha value is -3.64. The predicted octanol–water partition coefficient (Wildman–Crippen LogP) is 4.64. The van der Waals surface area contributed by atoms with Crippen LogP contribution in [-0.2, 0) is 25.6 Å². The number of allylic oxidation sites excluding steroid dienone is 2. The molecule has 4 aliphatic carbocycles. The van der Waals surface area contributed by atoms with E-state index in [1.54, 1.807) is 26.0 Å². The number of nitrogens with one attached hydrogen (secondary N) is 2. The third-order valence-corrected chi connectivity index (χ3v) is 11.9. The number of aliphatic hydroxyl groups is 1. The van der Waals surface area contributed by atoms with Crippen molar-refractivity contribution in [3.8, 4) is 12.3 Å². The van der Waals surface area contributed by atoms with Crippen molar-refractivity contribution in [3.05, 3.63) is 47.5 Å². The van der Waals surface area contributed by atoms with Crippen molar-refractivity contribution in [3.63, 3.8) is 0 Å². The van der Waals surface area contributed by atoms with E-state index in [-0.39, 0.29) is 29.8 Å². The van der Waals surface area contributed by atoms with Gasteiger partial charge in [-0.3, -0.25) is 9.59 Å². The average Bonchev–Trinajstić information content (AvgIpc) is 3.30. The minimum absolute atomic E-state index is 0.0731. The van der Waals surface area contributed by atoms with Gasteiger partial charge in [0.05, 0.1) is 5.71 Å². The molecule has 8 atom stereocenters. The van der Waals surface area contributed by atoms with Gasteiger partial charge in [0.1, 0.15) is 17.7 Å². The standard InChI is InChI=1S/C37H49N3O6/c1-6-37(45)19-16-29-27-13-12-25-21-26(14-17-35(25,4)28(27)15-18-36(29,37)5)40-46-22-31(41)39-32(23(2)3)33(42)38-30(34(43)44)20-24-10-8-7-9-11-24/h1,7-11,21,23,27-30,32,45H,12-20,22H2,2-5H3,(H,38,42)(H,39,41)(H,43,44)/b40-26+/t27-,28+,29+,30+,32+,35+,36+,37-/m1/s1. The number of carboxylic acid groups (broad SMARTS) is 1. The van der Waals surface area contributed by atoms with Crippen molar-refractivity contribution >= 4 is 23.5 Å². The SMILES string of the molecule is C#C[C@@]1(O)CC[C@H]2[C@@H]3CCC4=C/C(=N/OCC(=O)N[C@H](C(=O)N[C@@H](Cc5ccccc5)C(=O)O)C(C)C)CC[C@]4(C)[C@H]3CC[C@@]21C. The Balaban J connectivity index is 1.16. The number of aliphatic carboxylic acids is 1. The van der Waals surface area contributed by atoms with Crippen molar-refractivity contribution in [2.24, 2.45) is 39.7 Å². The lowest BCUT2D eigenvalue weighted by Gasteiger charge is -2.58. The summed E-state index contributed by atoms with van der Waals surface area (Å²) in [4.78, 5) is 43.2. The Morgan fingerprint density at radius 3 is 2.43 bits per heavy atom. The minimum Gasteiger partial charge on any atom is -0.480 e. The lowest BCUT2D eigenvalue weighted by molar-refractivity contribution is -0.142. The van der Waals surface area contributed by atoms with Crippen molar-refractivity contribution < 1.29 is 29.4 Å². The van der Waals surface area contributed by atoms with Crippen LogP contribution in [0.4, 0.5) is 0 Å². The van der Waals surface area contributed by atoms with E-state index in [0.717, 1.165) is 56.2 Å². The van der Waals surface area contributed by atoms with Crippen LogP contribution in [0.2, 0.25) is 0 Å². The summed E-state index contributed by atoms with van der Waals surface area (Å²) >= 11 is 0. The number of carboxylic acids is 1. The van der Waals surface area contributed by atoms with Gasteiger partial charge < -0.3 is 25.7 Å². The maximum atomic E-state index is 13.1. The molecule has 46 heavy (non-hydrogen) atoms. The number of hydrogen-bond donors (Lipinski definition) is 4. The van der Waals surface area contributed by atoms with Gasteiger partial charge in [0.15, 0.2) is 6.61 Å². The molecule has 0 radical (unpaired) electrons. The van der Waals surface area contributed by atoms with Crippen LogP contribution in [0.25, 0.3) is 0 Å². The highest BCUT2D eigenvalue weighted by Crippen LogP contribution is 2.67. The largest absolute Gasteiger partial charge is 0.480 e. The molecule has 9 heteroatoms. The Bertz CT molecular complexity index is 1430. The lowest BCUT2D eigenvalue weighted by atomic mass is 9.46. The van der Waals surface area contributed by atoms with Gasteiger partial charge in [-0.2, -0.15) is 0 Å². The third-order valence-electron chi connectivity index (χ3n) is 11.9. The first-order chi connectivity index (χ1) is 21.8. The topological polar surface area (TPSA) is 137 Å². The zero-order valence-corrected chi connectivity index (χ0v) is 27.6. The van der Waals surface area contributed by atoms with E-state index < -0.39 is 35.5 Å². The number of carbonyl (C=O) groups excluding carboxylic acids is 2. The van der Waals surface area contributed by atoms with Crippen LogP contribution >= 0.6 is 0 Å². The zero-order chi connectivity index (χ0) is 33.3. The van der Waals surface area contributed by atoms with Gasteiger partial charge in [0, 0.05) is 11.8 Å². The fourth-order valence-corrected chi connectivity index (χ4v) is 9.13. The van der Waals surface area contributed by atoms with E-state index in [4.69, 9.17) is 11.3 Å². The molecule has 1 aromatic rings. The summed E-state index contributed by atoms with van der Waals surface area (Å²) in [5.74, 6) is 1.81. The Morgan fingerprint density at radius 1 is 1.04 bits per heavy atom. The van der Waals surface area contributed by atoms with Crippen molar-refractivity contribution in [2.45, 2.75) is 103 Å². The van der Waals surface area contributed by atoms with Crippen LogP contribution in [0, 0.1) is 46.8 Å². The van der Waals surface area contributed by atoms with Crippen molar-refractivity contribution in [1.29, 1.82) is 0 Å².